The van der Waals surface area contributed by atoms with Crippen LogP contribution in [0.5, 0.6) is 0 Å². The van der Waals surface area contributed by atoms with Crippen molar-refractivity contribution in [1.82, 2.24) is 0 Å². The second-order valence-electron chi connectivity index (χ2n) is 7.19. The summed E-state index contributed by atoms with van der Waals surface area (Å²) in [5.41, 5.74) is 1.75. The highest BCUT2D eigenvalue weighted by Crippen LogP contribution is 2.26. The van der Waals surface area contributed by atoms with Crippen LogP contribution in [0.3, 0.4) is 0 Å². The molecule has 0 aliphatic carbocycles. The molecule has 7 heteroatoms. The number of ether oxygens (including phenoxy) is 1. The van der Waals surface area contributed by atoms with E-state index in [9.17, 15) is 9.18 Å². The van der Waals surface area contributed by atoms with E-state index in [4.69, 9.17) is 16.3 Å². The molecule has 5 nitrogen and oxygen atoms in total. The molecule has 1 heterocycles. The molecule has 1 amide bonds. The van der Waals surface area contributed by atoms with Gasteiger partial charge in [0, 0.05) is 29.5 Å². The molecule has 3 unspecified atom stereocenters. The van der Waals surface area contributed by atoms with Crippen LogP contribution in [0.4, 0.5) is 21.5 Å². The normalized spacial score (nSPS) is 20.5. The predicted molar refractivity (Wildman–Crippen MR) is 112 cm³/mol. The lowest BCUT2D eigenvalue weighted by Gasteiger charge is -2.37. The summed E-state index contributed by atoms with van der Waals surface area (Å²) in [7, 11) is 0. The smallest absolute Gasteiger partial charge is 0.246 e. The van der Waals surface area contributed by atoms with Gasteiger partial charge in [0.05, 0.1) is 17.9 Å². The molecule has 0 radical (unpaired) electrons. The summed E-state index contributed by atoms with van der Waals surface area (Å²) in [5.74, 6) is -0.542. The molecule has 1 aliphatic heterocycles. The van der Waals surface area contributed by atoms with Crippen molar-refractivity contribution in [3.05, 3.63) is 53.3 Å². The molecule has 2 N–H and O–H groups in total. The van der Waals surface area contributed by atoms with E-state index in [1.165, 1.54) is 6.07 Å². The van der Waals surface area contributed by atoms with Gasteiger partial charge in [-0.2, -0.15) is 0 Å². The van der Waals surface area contributed by atoms with Crippen LogP contribution in [0, 0.1) is 5.82 Å². The monoisotopic (exact) mass is 405 g/mol. The maximum atomic E-state index is 14.7. The van der Waals surface area contributed by atoms with Crippen molar-refractivity contribution in [2.24, 2.45) is 0 Å². The highest BCUT2D eigenvalue weighted by molar-refractivity contribution is 6.30. The molecule has 1 aliphatic rings. The number of carbonyl (C=O) groups excluding carboxylic acids is 1. The number of carbonyl (C=O) groups is 1. The number of hydrogen-bond acceptors (Lipinski definition) is 4. The SMILES string of the molecule is CC1CN(c2ccc(NC(C)C(=O)Nc3ccc(Cl)cc3)cc2F)CC(C)O1. The maximum Gasteiger partial charge on any atom is 0.246 e. The second-order valence-corrected chi connectivity index (χ2v) is 7.63. The Labute approximate surface area is 169 Å². The molecule has 2 aromatic carbocycles. The number of morpholine rings is 1. The third kappa shape index (κ3) is 5.14. The molecule has 28 heavy (non-hydrogen) atoms. The first-order valence-electron chi connectivity index (χ1n) is 9.34. The number of halogens is 2. The van der Waals surface area contributed by atoms with E-state index in [0.29, 0.717) is 35.2 Å². The Morgan fingerprint density at radius 2 is 1.75 bits per heavy atom. The van der Waals surface area contributed by atoms with E-state index in [0.717, 1.165) is 0 Å². The third-order valence-electron chi connectivity index (χ3n) is 4.60. The van der Waals surface area contributed by atoms with Crippen molar-refractivity contribution < 1.29 is 13.9 Å². The summed E-state index contributed by atoms with van der Waals surface area (Å²) in [4.78, 5) is 14.3. The minimum absolute atomic E-state index is 0.0533. The minimum atomic E-state index is -0.538. The molecule has 3 rings (SSSR count). The minimum Gasteiger partial charge on any atom is -0.374 e. The van der Waals surface area contributed by atoms with Crippen LogP contribution in [-0.4, -0.2) is 37.2 Å². The molecule has 0 spiro atoms. The van der Waals surface area contributed by atoms with Crippen LogP contribution in [0.25, 0.3) is 0 Å². The van der Waals surface area contributed by atoms with Crippen LogP contribution in [0.2, 0.25) is 5.02 Å². The molecule has 2 aromatic rings. The van der Waals surface area contributed by atoms with Gasteiger partial charge in [-0.15, -0.1) is 0 Å². The molecule has 1 saturated heterocycles. The van der Waals surface area contributed by atoms with Crippen LogP contribution >= 0.6 is 11.6 Å². The molecule has 150 valence electrons. The standard InChI is InChI=1S/C21H25ClFN3O2/c1-13-11-26(12-14(2)28-13)20-9-8-18(10-19(20)23)24-15(3)21(27)25-17-6-4-16(22)5-7-17/h4-10,13-15,24H,11-12H2,1-3H3,(H,25,27). The fourth-order valence-electron chi connectivity index (χ4n) is 3.33. The summed E-state index contributed by atoms with van der Waals surface area (Å²) < 4.78 is 20.4. The van der Waals surface area contributed by atoms with Gasteiger partial charge in [0.2, 0.25) is 5.91 Å². The zero-order valence-corrected chi connectivity index (χ0v) is 17.0. The Hall–Kier alpha value is -2.31. The fourth-order valence-corrected chi connectivity index (χ4v) is 3.45. The lowest BCUT2D eigenvalue weighted by Crippen LogP contribution is -2.45. The summed E-state index contributed by atoms with van der Waals surface area (Å²) in [6.45, 7) is 6.99. The van der Waals surface area contributed by atoms with Crippen molar-refractivity contribution in [1.29, 1.82) is 0 Å². The number of anilines is 3. The summed E-state index contributed by atoms with van der Waals surface area (Å²) in [6, 6.07) is 11.3. The van der Waals surface area contributed by atoms with Crippen molar-refractivity contribution in [2.45, 2.75) is 39.0 Å². The Morgan fingerprint density at radius 1 is 1.14 bits per heavy atom. The van der Waals surface area contributed by atoms with E-state index in [2.05, 4.69) is 10.6 Å². The number of hydrogen-bond donors (Lipinski definition) is 2. The van der Waals surface area contributed by atoms with Crippen molar-refractivity contribution in [3.8, 4) is 0 Å². The molecule has 0 saturated carbocycles. The van der Waals surface area contributed by atoms with Gasteiger partial charge in [-0.25, -0.2) is 4.39 Å². The van der Waals surface area contributed by atoms with Gasteiger partial charge in [-0.05, 0) is 63.2 Å². The highest BCUT2D eigenvalue weighted by atomic mass is 35.5. The Balaban J connectivity index is 1.63. The van der Waals surface area contributed by atoms with Gasteiger partial charge in [-0.1, -0.05) is 11.6 Å². The highest BCUT2D eigenvalue weighted by Gasteiger charge is 2.24. The average molecular weight is 406 g/mol. The molecule has 1 fully saturated rings. The summed E-state index contributed by atoms with van der Waals surface area (Å²) >= 11 is 5.85. The second kappa shape index (κ2) is 8.80. The maximum absolute atomic E-state index is 14.7. The van der Waals surface area contributed by atoms with Gasteiger partial charge >= 0.3 is 0 Å². The van der Waals surface area contributed by atoms with Gasteiger partial charge in [-0.3, -0.25) is 4.79 Å². The van der Waals surface area contributed by atoms with Gasteiger partial charge in [0.15, 0.2) is 0 Å². The zero-order valence-electron chi connectivity index (χ0n) is 16.2. The number of amides is 1. The molecule has 0 aromatic heterocycles. The van der Waals surface area contributed by atoms with E-state index in [1.807, 2.05) is 18.7 Å². The van der Waals surface area contributed by atoms with Gasteiger partial charge in [0.25, 0.3) is 0 Å². The quantitative estimate of drug-likeness (QED) is 0.767. The first-order chi connectivity index (χ1) is 13.3. The van der Waals surface area contributed by atoms with Gasteiger partial charge < -0.3 is 20.3 Å². The van der Waals surface area contributed by atoms with Crippen LogP contribution in [0.1, 0.15) is 20.8 Å². The van der Waals surface area contributed by atoms with E-state index < -0.39 is 6.04 Å². The molecular weight excluding hydrogens is 381 g/mol. The first kappa shape index (κ1) is 20.4. The number of benzene rings is 2. The third-order valence-corrected chi connectivity index (χ3v) is 4.85. The van der Waals surface area contributed by atoms with Crippen LogP contribution in [-0.2, 0) is 9.53 Å². The number of nitrogens with one attached hydrogen (secondary N) is 2. The Morgan fingerprint density at radius 3 is 2.36 bits per heavy atom. The lowest BCUT2D eigenvalue weighted by molar-refractivity contribution is -0.116. The Kier molecular flexibility index (Phi) is 6.42. The van der Waals surface area contributed by atoms with E-state index >= 15 is 0 Å². The fraction of sp³-hybridized carbons (Fsp3) is 0.381. The van der Waals surface area contributed by atoms with Gasteiger partial charge in [0.1, 0.15) is 11.9 Å². The lowest BCUT2D eigenvalue weighted by atomic mass is 10.1. The zero-order chi connectivity index (χ0) is 20.3. The van der Waals surface area contributed by atoms with Crippen molar-refractivity contribution in [2.75, 3.05) is 28.6 Å². The van der Waals surface area contributed by atoms with E-state index in [1.54, 1.807) is 43.3 Å². The summed E-state index contributed by atoms with van der Waals surface area (Å²) in [6.07, 6.45) is 0.107. The topological polar surface area (TPSA) is 53.6 Å². The average Bonchev–Trinajstić information content (AvgIpc) is 2.62. The summed E-state index contributed by atoms with van der Waals surface area (Å²) in [5, 5.41) is 6.44. The van der Waals surface area contributed by atoms with Crippen molar-refractivity contribution in [3.63, 3.8) is 0 Å². The number of nitrogens with zero attached hydrogens (tertiary/aromatic N) is 1. The molecule has 3 atom stereocenters. The largest absolute Gasteiger partial charge is 0.374 e. The van der Waals surface area contributed by atoms with Crippen molar-refractivity contribution >= 4 is 34.6 Å². The predicted octanol–water partition coefficient (Wildman–Crippen LogP) is 4.53. The number of rotatable bonds is 5. The molecule has 0 bridgehead atoms. The molecular formula is C21H25ClFN3O2. The van der Waals surface area contributed by atoms with E-state index in [-0.39, 0.29) is 23.9 Å². The Bertz CT molecular complexity index is 821. The first-order valence-corrected chi connectivity index (χ1v) is 9.72. The van der Waals surface area contributed by atoms with Crippen LogP contribution in [0.15, 0.2) is 42.5 Å². The van der Waals surface area contributed by atoms with Crippen LogP contribution < -0.4 is 15.5 Å².